The Morgan fingerprint density at radius 1 is 1.45 bits per heavy atom. The second-order valence-corrected chi connectivity index (χ2v) is 7.07. The molecule has 2 heterocycles. The second kappa shape index (κ2) is 4.81. The van der Waals surface area contributed by atoms with Crippen molar-refractivity contribution in [2.45, 2.75) is 37.6 Å². The Balaban J connectivity index is 1.79. The zero-order valence-electron chi connectivity index (χ0n) is 11.7. The molecule has 3 rings (SSSR count). The molecule has 0 aromatic heterocycles. The third kappa shape index (κ3) is 2.10. The van der Waals surface area contributed by atoms with Crippen molar-refractivity contribution in [2.75, 3.05) is 11.1 Å². The fraction of sp³-hybridized carbons (Fsp3) is 0.467. The van der Waals surface area contributed by atoms with Crippen LogP contribution in [0.15, 0.2) is 24.3 Å². The van der Waals surface area contributed by atoms with Crippen molar-refractivity contribution in [3.63, 3.8) is 0 Å². The van der Waals surface area contributed by atoms with Crippen LogP contribution in [0.3, 0.4) is 0 Å². The van der Waals surface area contributed by atoms with E-state index >= 15 is 0 Å². The summed E-state index contributed by atoms with van der Waals surface area (Å²) in [6.07, 6.45) is 1.39. The van der Waals surface area contributed by atoms with Gasteiger partial charge in [0.15, 0.2) is 0 Å². The summed E-state index contributed by atoms with van der Waals surface area (Å²) >= 11 is 1.71. The van der Waals surface area contributed by atoms with Crippen LogP contribution in [0.2, 0.25) is 0 Å². The van der Waals surface area contributed by atoms with Crippen molar-refractivity contribution < 1.29 is 9.59 Å². The van der Waals surface area contributed by atoms with Crippen molar-refractivity contribution in [3.05, 3.63) is 29.8 Å². The Morgan fingerprint density at radius 3 is 2.95 bits per heavy atom. The van der Waals surface area contributed by atoms with E-state index in [1.165, 1.54) is 0 Å². The number of aryl methyl sites for hydroxylation is 1. The van der Waals surface area contributed by atoms with Crippen LogP contribution in [-0.2, 0) is 9.59 Å². The molecule has 0 spiro atoms. The maximum Gasteiger partial charge on any atom is 0.248 e. The lowest BCUT2D eigenvalue weighted by molar-refractivity contribution is -0.135. The van der Waals surface area contributed by atoms with Crippen LogP contribution >= 0.6 is 11.8 Å². The Morgan fingerprint density at radius 2 is 2.20 bits per heavy atom. The van der Waals surface area contributed by atoms with Crippen molar-refractivity contribution >= 4 is 29.3 Å². The summed E-state index contributed by atoms with van der Waals surface area (Å²) in [7, 11) is 0. The van der Waals surface area contributed by atoms with Crippen molar-refractivity contribution in [1.29, 1.82) is 0 Å². The molecule has 106 valence electrons. The van der Waals surface area contributed by atoms with E-state index in [9.17, 15) is 9.59 Å². The van der Waals surface area contributed by atoms with E-state index < -0.39 is 0 Å². The van der Waals surface area contributed by atoms with Gasteiger partial charge in [0.2, 0.25) is 11.8 Å². The number of benzene rings is 1. The monoisotopic (exact) mass is 290 g/mol. The van der Waals surface area contributed by atoms with Gasteiger partial charge >= 0.3 is 0 Å². The highest BCUT2D eigenvalue weighted by molar-refractivity contribution is 8.01. The molecule has 5 heteroatoms. The van der Waals surface area contributed by atoms with Gasteiger partial charge in [-0.1, -0.05) is 18.2 Å². The minimum absolute atomic E-state index is 0.0780. The number of nitrogens with one attached hydrogen (secondary N) is 1. The number of carbonyl (C=O) groups excluding carboxylic acids is 2. The predicted molar refractivity (Wildman–Crippen MR) is 80.5 cm³/mol. The molecule has 2 saturated heterocycles. The molecule has 2 amide bonds. The zero-order valence-corrected chi connectivity index (χ0v) is 12.5. The number of amides is 2. The van der Waals surface area contributed by atoms with Crippen LogP contribution in [0, 0.1) is 6.92 Å². The summed E-state index contributed by atoms with van der Waals surface area (Å²) in [4.78, 5) is 26.1. The molecule has 0 radical (unpaired) electrons. The normalized spacial score (nSPS) is 28.6. The Bertz CT molecular complexity index is 575. The highest BCUT2D eigenvalue weighted by Gasteiger charge is 2.52. The molecule has 4 nitrogen and oxygen atoms in total. The van der Waals surface area contributed by atoms with Crippen molar-refractivity contribution in [3.8, 4) is 0 Å². The number of hydrogen-bond acceptors (Lipinski definition) is 3. The van der Waals surface area contributed by atoms with E-state index in [-0.39, 0.29) is 22.7 Å². The molecule has 2 aliphatic heterocycles. The molecular weight excluding hydrogens is 272 g/mol. The number of carbonyl (C=O) groups is 2. The average Bonchev–Trinajstić information content (AvgIpc) is 2.90. The van der Waals surface area contributed by atoms with E-state index in [1.54, 1.807) is 16.7 Å². The van der Waals surface area contributed by atoms with Crippen LogP contribution in [0.5, 0.6) is 0 Å². The quantitative estimate of drug-likeness (QED) is 0.910. The Labute approximate surface area is 122 Å². The average molecular weight is 290 g/mol. The first kappa shape index (κ1) is 13.5. The number of fused-ring (bicyclic) bond motifs is 1. The topological polar surface area (TPSA) is 49.4 Å². The summed E-state index contributed by atoms with van der Waals surface area (Å²) in [5, 5.41) is 2.96. The van der Waals surface area contributed by atoms with Crippen LogP contribution in [0.1, 0.15) is 25.3 Å². The van der Waals surface area contributed by atoms with Gasteiger partial charge in [-0.2, -0.15) is 0 Å². The fourth-order valence-electron chi connectivity index (χ4n) is 2.94. The fourth-order valence-corrected chi connectivity index (χ4v) is 4.38. The molecule has 0 saturated carbocycles. The van der Waals surface area contributed by atoms with E-state index in [2.05, 4.69) is 12.2 Å². The summed E-state index contributed by atoms with van der Waals surface area (Å²) in [5.74, 6) is 0.702. The zero-order chi connectivity index (χ0) is 14.3. The first-order chi connectivity index (χ1) is 9.51. The van der Waals surface area contributed by atoms with E-state index in [0.29, 0.717) is 12.2 Å². The third-order valence-corrected chi connectivity index (χ3v) is 5.66. The first-order valence-corrected chi connectivity index (χ1v) is 7.82. The molecule has 1 aromatic rings. The SMILES string of the molecule is Cc1ccccc1NC(=O)[C@@H]1CS[C@@]2(C)CCC(=O)N12. The number of anilines is 1. The lowest BCUT2D eigenvalue weighted by atomic mass is 10.1. The number of para-hydroxylation sites is 1. The predicted octanol–water partition coefficient (Wildman–Crippen LogP) is 2.39. The van der Waals surface area contributed by atoms with Gasteiger partial charge < -0.3 is 10.2 Å². The van der Waals surface area contributed by atoms with Crippen LogP contribution in [0.25, 0.3) is 0 Å². The standard InChI is InChI=1S/C15H18N2O2S/c1-10-5-3-4-6-11(10)16-14(19)12-9-20-15(2)8-7-13(18)17(12)15/h3-6,12H,7-9H2,1-2H3,(H,16,19)/t12-,15-/m0/s1. The molecule has 2 aliphatic rings. The summed E-state index contributed by atoms with van der Waals surface area (Å²) in [5.41, 5.74) is 1.85. The van der Waals surface area contributed by atoms with Gasteiger partial charge in [-0.15, -0.1) is 11.8 Å². The summed E-state index contributed by atoms with van der Waals surface area (Å²) < 4.78 is 0. The molecule has 1 N–H and O–H groups in total. The van der Waals surface area contributed by atoms with Crippen molar-refractivity contribution in [2.24, 2.45) is 0 Å². The maximum absolute atomic E-state index is 12.5. The highest BCUT2D eigenvalue weighted by atomic mass is 32.2. The van der Waals surface area contributed by atoms with Gasteiger partial charge in [0.05, 0.1) is 4.87 Å². The highest BCUT2D eigenvalue weighted by Crippen LogP contribution is 2.47. The molecule has 2 atom stereocenters. The molecule has 1 aromatic carbocycles. The third-order valence-electron chi connectivity index (χ3n) is 4.15. The van der Waals surface area contributed by atoms with Crippen LogP contribution in [0.4, 0.5) is 5.69 Å². The van der Waals surface area contributed by atoms with E-state index in [1.807, 2.05) is 31.2 Å². The van der Waals surface area contributed by atoms with Crippen LogP contribution < -0.4 is 5.32 Å². The summed E-state index contributed by atoms with van der Waals surface area (Å²) in [6.45, 7) is 4.02. The van der Waals surface area contributed by atoms with Gasteiger partial charge in [0.25, 0.3) is 0 Å². The molecule has 2 fully saturated rings. The second-order valence-electron chi connectivity index (χ2n) is 5.57. The Hall–Kier alpha value is -1.49. The largest absolute Gasteiger partial charge is 0.324 e. The van der Waals surface area contributed by atoms with Gasteiger partial charge in [-0.3, -0.25) is 9.59 Å². The van der Waals surface area contributed by atoms with Gasteiger partial charge in [0, 0.05) is 17.9 Å². The molecule has 0 aliphatic carbocycles. The minimum atomic E-state index is -0.348. The van der Waals surface area contributed by atoms with Gasteiger partial charge in [0.1, 0.15) is 6.04 Å². The van der Waals surface area contributed by atoms with Crippen molar-refractivity contribution in [1.82, 2.24) is 4.90 Å². The first-order valence-electron chi connectivity index (χ1n) is 6.84. The van der Waals surface area contributed by atoms with Gasteiger partial charge in [-0.25, -0.2) is 0 Å². The molecule has 0 bridgehead atoms. The number of nitrogens with zero attached hydrogens (tertiary/aromatic N) is 1. The maximum atomic E-state index is 12.5. The Kier molecular flexibility index (Phi) is 3.24. The number of hydrogen-bond donors (Lipinski definition) is 1. The lowest BCUT2D eigenvalue weighted by Gasteiger charge is -2.29. The molecular formula is C15H18N2O2S. The number of thioether (sulfide) groups is 1. The smallest absolute Gasteiger partial charge is 0.248 e. The molecule has 0 unspecified atom stereocenters. The lowest BCUT2D eigenvalue weighted by Crippen LogP contribution is -2.48. The van der Waals surface area contributed by atoms with Gasteiger partial charge in [-0.05, 0) is 31.9 Å². The minimum Gasteiger partial charge on any atom is -0.324 e. The van der Waals surface area contributed by atoms with E-state index in [4.69, 9.17) is 0 Å². The van der Waals surface area contributed by atoms with Crippen LogP contribution in [-0.4, -0.2) is 33.4 Å². The summed E-state index contributed by atoms with van der Waals surface area (Å²) in [6, 6.07) is 7.35. The van der Waals surface area contributed by atoms with E-state index in [0.717, 1.165) is 17.7 Å². The molecule has 20 heavy (non-hydrogen) atoms. The number of rotatable bonds is 2.